The van der Waals surface area contributed by atoms with Crippen molar-refractivity contribution < 1.29 is 29.0 Å². The number of carbonyl (C=O) groups excluding carboxylic acids is 3. The molecule has 3 aromatic rings. The molecule has 0 saturated carbocycles. The molecule has 1 N–H and O–H groups in total. The maximum atomic E-state index is 14.9. The predicted molar refractivity (Wildman–Crippen MR) is 172 cm³/mol. The summed E-state index contributed by atoms with van der Waals surface area (Å²) in [7, 11) is 0. The van der Waals surface area contributed by atoms with Crippen molar-refractivity contribution in [1.29, 1.82) is 0 Å². The SMILES string of the molecule is C=CCCCOC(=O)[C@@H]1[C@@H]2CCC3(O2)C(C(=O)N(CC=C)c2ccc4ccccc4c2)N([C@@H](CO)Cc2ccccc2)C(=O)[C@H]13. The van der Waals surface area contributed by atoms with Gasteiger partial charge in [0.15, 0.2) is 0 Å². The zero-order valence-electron chi connectivity index (χ0n) is 25.4. The summed E-state index contributed by atoms with van der Waals surface area (Å²) in [4.78, 5) is 46.2. The molecule has 3 fully saturated rings. The van der Waals surface area contributed by atoms with Crippen molar-refractivity contribution in [2.45, 2.75) is 55.9 Å². The zero-order valence-corrected chi connectivity index (χ0v) is 25.4. The molecule has 8 heteroatoms. The van der Waals surface area contributed by atoms with Gasteiger partial charge >= 0.3 is 5.97 Å². The van der Waals surface area contributed by atoms with E-state index in [0.717, 1.165) is 16.3 Å². The molecule has 0 aliphatic carbocycles. The smallest absolute Gasteiger partial charge is 0.312 e. The van der Waals surface area contributed by atoms with Crippen molar-refractivity contribution in [3.8, 4) is 0 Å². The summed E-state index contributed by atoms with van der Waals surface area (Å²) >= 11 is 0. The third-order valence-corrected chi connectivity index (χ3v) is 9.58. The molecule has 2 bridgehead atoms. The molecule has 3 heterocycles. The molecular weight excluding hydrogens is 568 g/mol. The Morgan fingerprint density at radius 2 is 1.82 bits per heavy atom. The molecule has 6 rings (SSSR count). The van der Waals surface area contributed by atoms with Crippen LogP contribution >= 0.6 is 0 Å². The molecule has 1 spiro atoms. The van der Waals surface area contributed by atoms with E-state index in [1.165, 1.54) is 4.90 Å². The van der Waals surface area contributed by atoms with Crippen molar-refractivity contribution >= 4 is 34.2 Å². The van der Waals surface area contributed by atoms with Crippen LogP contribution in [0.3, 0.4) is 0 Å². The number of amides is 2. The number of fused-ring (bicyclic) bond motifs is 2. The largest absolute Gasteiger partial charge is 0.465 e. The van der Waals surface area contributed by atoms with E-state index in [4.69, 9.17) is 9.47 Å². The van der Waals surface area contributed by atoms with Crippen LogP contribution in [-0.2, 0) is 30.3 Å². The maximum absolute atomic E-state index is 14.9. The third kappa shape index (κ3) is 5.47. The minimum absolute atomic E-state index is 0.205. The highest BCUT2D eigenvalue weighted by Gasteiger charge is 2.75. The normalized spacial score (nSPS) is 25.6. The van der Waals surface area contributed by atoms with Gasteiger partial charge in [0.2, 0.25) is 5.91 Å². The van der Waals surface area contributed by atoms with E-state index >= 15 is 0 Å². The number of allylic oxidation sites excluding steroid dienone is 1. The Morgan fingerprint density at radius 3 is 2.56 bits per heavy atom. The third-order valence-electron chi connectivity index (χ3n) is 9.58. The lowest BCUT2D eigenvalue weighted by molar-refractivity contribution is -0.155. The van der Waals surface area contributed by atoms with Gasteiger partial charge in [0.1, 0.15) is 11.6 Å². The molecule has 3 aliphatic rings. The first kappa shape index (κ1) is 30.7. The Hall–Kier alpha value is -4.27. The Labute approximate surface area is 263 Å². The molecule has 6 atom stereocenters. The number of carbonyl (C=O) groups is 3. The second-order valence-electron chi connectivity index (χ2n) is 12.2. The summed E-state index contributed by atoms with van der Waals surface area (Å²) in [5.41, 5.74) is 0.371. The van der Waals surface area contributed by atoms with E-state index in [9.17, 15) is 19.5 Å². The quantitative estimate of drug-likeness (QED) is 0.169. The molecule has 3 aliphatic heterocycles. The molecule has 3 aromatic carbocycles. The van der Waals surface area contributed by atoms with E-state index in [1.807, 2.05) is 72.8 Å². The average Bonchev–Trinajstić information content (AvgIpc) is 3.72. The van der Waals surface area contributed by atoms with Crippen LogP contribution in [0.4, 0.5) is 5.69 Å². The first-order valence-electron chi connectivity index (χ1n) is 15.8. The summed E-state index contributed by atoms with van der Waals surface area (Å²) in [6.45, 7) is 7.70. The fourth-order valence-electron chi connectivity index (χ4n) is 7.61. The second kappa shape index (κ2) is 13.0. The van der Waals surface area contributed by atoms with Crippen molar-refractivity contribution in [2.75, 3.05) is 24.7 Å². The summed E-state index contributed by atoms with van der Waals surface area (Å²) in [6.07, 6.45) is 5.58. The number of hydrogen-bond acceptors (Lipinski definition) is 6. The lowest BCUT2D eigenvalue weighted by Gasteiger charge is -2.39. The maximum Gasteiger partial charge on any atom is 0.312 e. The number of esters is 1. The van der Waals surface area contributed by atoms with Crippen LogP contribution in [-0.4, -0.2) is 71.3 Å². The number of benzene rings is 3. The highest BCUT2D eigenvalue weighted by Crippen LogP contribution is 2.59. The first-order valence-corrected chi connectivity index (χ1v) is 15.8. The van der Waals surface area contributed by atoms with Gasteiger partial charge in [-0.1, -0.05) is 72.8 Å². The number of anilines is 1. The van der Waals surface area contributed by atoms with Crippen LogP contribution < -0.4 is 4.90 Å². The zero-order chi connectivity index (χ0) is 31.6. The van der Waals surface area contributed by atoms with Gasteiger partial charge < -0.3 is 24.4 Å². The second-order valence-corrected chi connectivity index (χ2v) is 12.2. The van der Waals surface area contributed by atoms with E-state index in [2.05, 4.69) is 13.2 Å². The molecule has 0 radical (unpaired) electrons. The van der Waals surface area contributed by atoms with Gasteiger partial charge in [-0.3, -0.25) is 14.4 Å². The molecular formula is C37H40N2O6. The number of hydrogen-bond donors (Lipinski definition) is 1. The molecule has 2 unspecified atom stereocenters. The van der Waals surface area contributed by atoms with Crippen molar-refractivity contribution in [2.24, 2.45) is 11.8 Å². The van der Waals surface area contributed by atoms with Crippen LogP contribution in [0.2, 0.25) is 0 Å². The minimum atomic E-state index is -1.22. The Morgan fingerprint density at radius 1 is 1.07 bits per heavy atom. The number of ether oxygens (including phenoxy) is 2. The molecule has 0 aromatic heterocycles. The van der Waals surface area contributed by atoms with Gasteiger partial charge in [-0.05, 0) is 60.6 Å². The monoisotopic (exact) mass is 608 g/mol. The number of likely N-dealkylation sites (tertiary alicyclic amines) is 1. The highest BCUT2D eigenvalue weighted by atomic mass is 16.6. The van der Waals surface area contributed by atoms with Crippen LogP contribution in [0.15, 0.2) is 98.1 Å². The lowest BCUT2D eigenvalue weighted by atomic mass is 9.70. The molecule has 45 heavy (non-hydrogen) atoms. The number of aliphatic hydroxyl groups excluding tert-OH is 1. The molecule has 234 valence electrons. The Balaban J connectivity index is 1.41. The van der Waals surface area contributed by atoms with Crippen molar-refractivity contribution in [3.63, 3.8) is 0 Å². The number of nitrogens with zero attached hydrogens (tertiary/aromatic N) is 2. The molecule has 2 amide bonds. The standard InChI is InChI=1S/C37H40N2O6/c1-3-5-11-21-44-36(43)31-30-18-19-37(45-30)32(31)34(41)39(29(24-40)22-25-12-7-6-8-13-25)33(37)35(42)38(20-4-2)28-17-16-26-14-9-10-15-27(26)23-28/h3-4,6-10,12-17,23,29-33,40H,1-2,5,11,18-22,24H2/t29-,30+,31-,32+,33?,37?/m1/s1. The van der Waals surface area contributed by atoms with Gasteiger partial charge in [-0.25, -0.2) is 0 Å². The van der Waals surface area contributed by atoms with Crippen LogP contribution in [0.5, 0.6) is 0 Å². The van der Waals surface area contributed by atoms with Gasteiger partial charge in [0.05, 0.1) is 37.2 Å². The molecule has 3 saturated heterocycles. The van der Waals surface area contributed by atoms with Gasteiger partial charge in [-0.2, -0.15) is 0 Å². The van der Waals surface area contributed by atoms with Crippen LogP contribution in [0.1, 0.15) is 31.2 Å². The number of rotatable bonds is 13. The van der Waals surface area contributed by atoms with Crippen LogP contribution in [0.25, 0.3) is 10.8 Å². The Kier molecular flexibility index (Phi) is 8.88. The van der Waals surface area contributed by atoms with Gasteiger partial charge in [-0.15, -0.1) is 13.2 Å². The van der Waals surface area contributed by atoms with Gasteiger partial charge in [0, 0.05) is 12.2 Å². The van der Waals surface area contributed by atoms with Gasteiger partial charge in [0.25, 0.3) is 5.91 Å². The van der Waals surface area contributed by atoms with E-state index in [0.29, 0.717) is 37.8 Å². The predicted octanol–water partition coefficient (Wildman–Crippen LogP) is 4.85. The van der Waals surface area contributed by atoms with E-state index in [-0.39, 0.29) is 31.6 Å². The first-order chi connectivity index (χ1) is 21.9. The lowest BCUT2D eigenvalue weighted by Crippen LogP contribution is -2.59. The van der Waals surface area contributed by atoms with Crippen molar-refractivity contribution in [3.05, 3.63) is 104 Å². The minimum Gasteiger partial charge on any atom is -0.465 e. The van der Waals surface area contributed by atoms with Crippen molar-refractivity contribution in [1.82, 2.24) is 4.90 Å². The summed E-state index contributed by atoms with van der Waals surface area (Å²) in [5.74, 6) is -2.86. The fraction of sp³-hybridized carbons (Fsp3) is 0.378. The summed E-state index contributed by atoms with van der Waals surface area (Å²) in [5, 5.41) is 12.8. The fourth-order valence-corrected chi connectivity index (χ4v) is 7.61. The topological polar surface area (TPSA) is 96.4 Å². The summed E-state index contributed by atoms with van der Waals surface area (Å²) < 4.78 is 12.3. The highest BCUT2D eigenvalue weighted by molar-refractivity contribution is 6.05. The van der Waals surface area contributed by atoms with Crippen LogP contribution in [0, 0.1) is 11.8 Å². The average molecular weight is 609 g/mol. The van der Waals surface area contributed by atoms with E-state index < -0.39 is 41.6 Å². The Bertz CT molecular complexity index is 1590. The number of aliphatic hydroxyl groups is 1. The van der Waals surface area contributed by atoms with E-state index in [1.54, 1.807) is 17.1 Å². The summed E-state index contributed by atoms with van der Waals surface area (Å²) in [6, 6.07) is 21.6. The molecule has 8 nitrogen and oxygen atoms in total. The number of unbranched alkanes of at least 4 members (excludes halogenated alkanes) is 1.